The van der Waals surface area contributed by atoms with Crippen LogP contribution in [0.25, 0.3) is 0 Å². The molecule has 0 amide bonds. The van der Waals surface area contributed by atoms with Crippen molar-refractivity contribution < 1.29 is 8.42 Å². The normalized spacial score (nSPS) is 13.2. The summed E-state index contributed by atoms with van der Waals surface area (Å²) < 4.78 is 27.7. The molecule has 0 aliphatic carbocycles. The molecule has 6 heteroatoms. The first-order valence-electron chi connectivity index (χ1n) is 7.19. The van der Waals surface area contributed by atoms with E-state index < -0.39 is 10.0 Å². The van der Waals surface area contributed by atoms with Gasteiger partial charge in [-0.25, -0.2) is 13.1 Å². The molecule has 0 heterocycles. The van der Waals surface area contributed by atoms with Gasteiger partial charge in [0.15, 0.2) is 0 Å². The molecule has 0 spiro atoms. The lowest BCUT2D eigenvalue weighted by Crippen LogP contribution is -2.30. The number of nitrogens with one attached hydrogen (secondary N) is 2. The Morgan fingerprint density at radius 3 is 2.29 bits per heavy atom. The number of sulfonamides is 1. The van der Waals surface area contributed by atoms with Gasteiger partial charge in [-0.3, -0.25) is 0 Å². The summed E-state index contributed by atoms with van der Waals surface area (Å²) in [5, 5.41) is 3.55. The Morgan fingerprint density at radius 1 is 1.24 bits per heavy atom. The Kier molecular flexibility index (Phi) is 7.03. The molecule has 1 aromatic rings. The summed E-state index contributed by atoms with van der Waals surface area (Å²) in [5.41, 5.74) is 2.53. The number of benzene rings is 1. The molecular weight excluding hydrogens is 304 g/mol. The molecule has 0 saturated carbocycles. The van der Waals surface area contributed by atoms with Crippen LogP contribution in [0.3, 0.4) is 0 Å². The zero-order valence-corrected chi connectivity index (χ0v) is 15.1. The Bertz CT molecular complexity index is 548. The van der Waals surface area contributed by atoms with Gasteiger partial charge in [-0.2, -0.15) is 11.8 Å². The molecule has 1 unspecified atom stereocenters. The second-order valence-electron chi connectivity index (χ2n) is 5.26. The Balaban J connectivity index is 3.01. The van der Waals surface area contributed by atoms with Crippen LogP contribution in [0.15, 0.2) is 17.0 Å². The van der Waals surface area contributed by atoms with Crippen molar-refractivity contribution in [2.75, 3.05) is 24.7 Å². The molecule has 0 aromatic heterocycles. The van der Waals surface area contributed by atoms with Crippen molar-refractivity contribution in [2.45, 2.75) is 44.3 Å². The molecule has 0 aliphatic heterocycles. The molecule has 4 nitrogen and oxygen atoms in total. The highest BCUT2D eigenvalue weighted by atomic mass is 32.2. The maximum atomic E-state index is 12.5. The fraction of sp³-hybridized carbons (Fsp3) is 0.600. The lowest BCUT2D eigenvalue weighted by molar-refractivity contribution is 0.580. The molecule has 0 bridgehead atoms. The number of hydrogen-bond donors (Lipinski definition) is 2. The van der Waals surface area contributed by atoms with E-state index in [-0.39, 0.29) is 5.25 Å². The topological polar surface area (TPSA) is 58.2 Å². The molecule has 1 aromatic carbocycles. The minimum Gasteiger partial charge on any atom is -0.385 e. The first kappa shape index (κ1) is 18.3. The molecule has 0 aliphatic rings. The SMILES string of the molecule is CCCNc1cc(C)c(S(=O)(=O)NCC(C)SC)c(C)c1. The van der Waals surface area contributed by atoms with Crippen molar-refractivity contribution in [2.24, 2.45) is 0 Å². The fourth-order valence-corrected chi connectivity index (χ4v) is 4.06. The molecule has 2 N–H and O–H groups in total. The van der Waals surface area contributed by atoms with Crippen LogP contribution >= 0.6 is 11.8 Å². The summed E-state index contributed by atoms with van der Waals surface area (Å²) in [6.45, 7) is 9.12. The lowest BCUT2D eigenvalue weighted by atomic mass is 10.1. The maximum absolute atomic E-state index is 12.5. The zero-order chi connectivity index (χ0) is 16.0. The van der Waals surface area contributed by atoms with Crippen molar-refractivity contribution in [1.82, 2.24) is 4.72 Å². The van der Waals surface area contributed by atoms with Crippen LogP contribution in [-0.2, 0) is 10.0 Å². The van der Waals surface area contributed by atoms with Crippen molar-refractivity contribution in [3.8, 4) is 0 Å². The van der Waals surface area contributed by atoms with Crippen LogP contribution < -0.4 is 10.0 Å². The summed E-state index contributed by atoms with van der Waals surface area (Å²) in [5.74, 6) is 0. The Labute approximate surface area is 133 Å². The van der Waals surface area contributed by atoms with Crippen molar-refractivity contribution in [3.05, 3.63) is 23.3 Å². The van der Waals surface area contributed by atoms with E-state index in [9.17, 15) is 8.42 Å². The highest BCUT2D eigenvalue weighted by Crippen LogP contribution is 2.24. The van der Waals surface area contributed by atoms with Crippen molar-refractivity contribution >= 4 is 27.5 Å². The van der Waals surface area contributed by atoms with E-state index in [1.807, 2.05) is 39.2 Å². The molecule has 120 valence electrons. The number of anilines is 1. The number of rotatable bonds is 8. The average molecular weight is 331 g/mol. The van der Waals surface area contributed by atoms with E-state index in [1.54, 1.807) is 11.8 Å². The van der Waals surface area contributed by atoms with E-state index >= 15 is 0 Å². The van der Waals surface area contributed by atoms with Crippen LogP contribution in [0.4, 0.5) is 5.69 Å². The van der Waals surface area contributed by atoms with Gasteiger partial charge < -0.3 is 5.32 Å². The summed E-state index contributed by atoms with van der Waals surface area (Å²) in [4.78, 5) is 0.401. The van der Waals surface area contributed by atoms with Gasteiger partial charge in [-0.1, -0.05) is 13.8 Å². The molecule has 0 fully saturated rings. The number of aryl methyl sites for hydroxylation is 2. The van der Waals surface area contributed by atoms with Gasteiger partial charge in [0.2, 0.25) is 10.0 Å². The number of thioether (sulfide) groups is 1. The minimum absolute atomic E-state index is 0.255. The molecular formula is C15H26N2O2S2. The van der Waals surface area contributed by atoms with Crippen molar-refractivity contribution in [3.63, 3.8) is 0 Å². The first-order valence-corrected chi connectivity index (χ1v) is 9.96. The average Bonchev–Trinajstić information content (AvgIpc) is 2.41. The summed E-state index contributed by atoms with van der Waals surface area (Å²) in [7, 11) is -3.46. The zero-order valence-electron chi connectivity index (χ0n) is 13.5. The predicted octanol–water partition coefficient (Wildman–Crippen LogP) is 3.16. The van der Waals surface area contributed by atoms with Gasteiger partial charge >= 0.3 is 0 Å². The summed E-state index contributed by atoms with van der Waals surface area (Å²) in [6.07, 6.45) is 3.01. The molecule has 1 atom stereocenters. The third-order valence-corrected chi connectivity index (χ3v) is 5.97. The predicted molar refractivity (Wildman–Crippen MR) is 92.9 cm³/mol. The second-order valence-corrected chi connectivity index (χ2v) is 8.24. The Hall–Kier alpha value is -0.720. The smallest absolute Gasteiger partial charge is 0.241 e. The maximum Gasteiger partial charge on any atom is 0.241 e. The van der Waals surface area contributed by atoms with Crippen LogP contribution in [0.1, 0.15) is 31.4 Å². The van der Waals surface area contributed by atoms with Crippen LogP contribution in [-0.4, -0.2) is 33.0 Å². The summed E-state index contributed by atoms with van der Waals surface area (Å²) >= 11 is 1.64. The lowest BCUT2D eigenvalue weighted by Gasteiger charge is -2.16. The van der Waals surface area contributed by atoms with Crippen LogP contribution in [0, 0.1) is 13.8 Å². The molecule has 21 heavy (non-hydrogen) atoms. The van der Waals surface area contributed by atoms with Gasteiger partial charge in [0, 0.05) is 24.0 Å². The standard InChI is InChI=1S/C15H26N2O2S2/c1-6-7-16-14-8-11(2)15(12(3)9-14)21(18,19)17-10-13(4)20-5/h8-9,13,16-17H,6-7,10H2,1-5H3. The monoisotopic (exact) mass is 330 g/mol. The fourth-order valence-electron chi connectivity index (χ4n) is 2.13. The van der Waals surface area contributed by atoms with E-state index in [2.05, 4.69) is 17.0 Å². The van der Waals surface area contributed by atoms with Gasteiger partial charge in [0.1, 0.15) is 0 Å². The van der Waals surface area contributed by atoms with E-state index in [0.717, 1.165) is 29.8 Å². The van der Waals surface area contributed by atoms with E-state index in [0.29, 0.717) is 11.4 Å². The largest absolute Gasteiger partial charge is 0.385 e. The van der Waals surface area contributed by atoms with E-state index in [1.165, 1.54) is 0 Å². The van der Waals surface area contributed by atoms with Gasteiger partial charge in [-0.05, 0) is 49.8 Å². The molecule has 0 saturated heterocycles. The first-order chi connectivity index (χ1) is 9.81. The molecule has 0 radical (unpaired) electrons. The molecule has 1 rings (SSSR count). The highest BCUT2D eigenvalue weighted by molar-refractivity contribution is 7.99. The highest BCUT2D eigenvalue weighted by Gasteiger charge is 2.20. The quantitative estimate of drug-likeness (QED) is 0.769. The minimum atomic E-state index is -3.46. The second kappa shape index (κ2) is 8.06. The van der Waals surface area contributed by atoms with Crippen LogP contribution in [0.5, 0.6) is 0 Å². The van der Waals surface area contributed by atoms with Gasteiger partial charge in [-0.15, -0.1) is 0 Å². The van der Waals surface area contributed by atoms with Crippen LogP contribution in [0.2, 0.25) is 0 Å². The number of hydrogen-bond acceptors (Lipinski definition) is 4. The third kappa shape index (κ3) is 5.20. The van der Waals surface area contributed by atoms with Crippen molar-refractivity contribution in [1.29, 1.82) is 0 Å². The van der Waals surface area contributed by atoms with Gasteiger partial charge in [0.05, 0.1) is 4.90 Å². The van der Waals surface area contributed by atoms with Gasteiger partial charge in [0.25, 0.3) is 0 Å². The summed E-state index contributed by atoms with van der Waals surface area (Å²) in [6, 6.07) is 3.80. The van der Waals surface area contributed by atoms with E-state index in [4.69, 9.17) is 0 Å². The Morgan fingerprint density at radius 2 is 1.81 bits per heavy atom. The third-order valence-electron chi connectivity index (χ3n) is 3.27.